The van der Waals surface area contributed by atoms with Crippen LogP contribution in [0.3, 0.4) is 0 Å². The normalized spacial score (nSPS) is 22.4. The number of amides is 1. The Morgan fingerprint density at radius 3 is 2.76 bits per heavy atom. The van der Waals surface area contributed by atoms with E-state index in [1.807, 2.05) is 4.90 Å². The van der Waals surface area contributed by atoms with E-state index in [1.165, 1.54) is 12.1 Å². The van der Waals surface area contributed by atoms with E-state index in [0.717, 1.165) is 51.3 Å². The fraction of sp³-hybridized carbons (Fsp3) is 0.588. The molecule has 1 atom stereocenters. The summed E-state index contributed by atoms with van der Waals surface area (Å²) in [6, 6.07) is 3.78. The topological polar surface area (TPSA) is 20.3 Å². The predicted molar refractivity (Wildman–Crippen MR) is 76.7 cm³/mol. The number of piperidine rings is 1. The Morgan fingerprint density at radius 2 is 2.05 bits per heavy atom. The third-order valence-corrected chi connectivity index (χ3v) is 4.59. The maximum absolute atomic E-state index is 13.6. The lowest BCUT2D eigenvalue weighted by Gasteiger charge is -2.33. The molecule has 0 N–H and O–H groups in total. The summed E-state index contributed by atoms with van der Waals surface area (Å²) in [5, 5.41) is 0. The first-order chi connectivity index (χ1) is 10.1. The summed E-state index contributed by atoms with van der Waals surface area (Å²) in [5.41, 5.74) is 0.571. The van der Waals surface area contributed by atoms with E-state index < -0.39 is 11.6 Å². The van der Waals surface area contributed by atoms with Gasteiger partial charge in [0, 0.05) is 25.1 Å². The zero-order chi connectivity index (χ0) is 14.8. The lowest BCUT2D eigenvalue weighted by Crippen LogP contribution is -2.40. The second kappa shape index (κ2) is 6.12. The van der Waals surface area contributed by atoms with Crippen molar-refractivity contribution in [3.05, 3.63) is 35.4 Å². The average Bonchev–Trinajstić information content (AvgIpc) is 3.30. The van der Waals surface area contributed by atoms with Gasteiger partial charge in [-0.3, -0.25) is 4.79 Å². The largest absolute Gasteiger partial charge is 0.342 e. The van der Waals surface area contributed by atoms with E-state index in [-0.39, 0.29) is 5.92 Å². The minimum Gasteiger partial charge on any atom is -0.342 e. The summed E-state index contributed by atoms with van der Waals surface area (Å²) in [6.45, 7) is 1.68. The van der Waals surface area contributed by atoms with Crippen molar-refractivity contribution in [3.8, 4) is 0 Å². The lowest BCUT2D eigenvalue weighted by atomic mass is 9.91. The van der Waals surface area contributed by atoms with E-state index in [2.05, 4.69) is 0 Å². The fourth-order valence-electron chi connectivity index (χ4n) is 3.17. The zero-order valence-electron chi connectivity index (χ0n) is 12.2. The van der Waals surface area contributed by atoms with E-state index in [4.69, 9.17) is 0 Å². The van der Waals surface area contributed by atoms with Gasteiger partial charge in [0.2, 0.25) is 5.91 Å². The van der Waals surface area contributed by atoms with Crippen LogP contribution in [0, 0.1) is 23.5 Å². The molecule has 0 radical (unpaired) electrons. The van der Waals surface area contributed by atoms with Crippen LogP contribution in [0.4, 0.5) is 8.78 Å². The monoisotopic (exact) mass is 293 g/mol. The molecular weight excluding hydrogens is 272 g/mol. The zero-order valence-corrected chi connectivity index (χ0v) is 12.2. The number of carbonyl (C=O) groups excluding carboxylic acids is 1. The number of aryl methyl sites for hydroxylation is 1. The van der Waals surface area contributed by atoms with Crippen LogP contribution < -0.4 is 0 Å². The number of likely N-dealkylation sites (tertiary alicyclic amines) is 1. The van der Waals surface area contributed by atoms with Crippen molar-refractivity contribution < 1.29 is 13.6 Å². The first-order valence-corrected chi connectivity index (χ1v) is 7.86. The Bertz CT molecular complexity index is 528. The fourth-order valence-corrected chi connectivity index (χ4v) is 3.17. The average molecular weight is 293 g/mol. The summed E-state index contributed by atoms with van der Waals surface area (Å²) < 4.78 is 26.5. The minimum atomic E-state index is -0.532. The molecule has 0 bridgehead atoms. The molecule has 1 aliphatic carbocycles. The third kappa shape index (κ3) is 3.60. The van der Waals surface area contributed by atoms with Crippen LogP contribution in [0.5, 0.6) is 0 Å². The number of rotatable bonds is 4. The van der Waals surface area contributed by atoms with Gasteiger partial charge in [-0.2, -0.15) is 0 Å². The highest BCUT2D eigenvalue weighted by atomic mass is 19.1. The van der Waals surface area contributed by atoms with Gasteiger partial charge in [0.15, 0.2) is 0 Å². The standard InChI is InChI=1S/C17H21F2NO/c18-15-8-7-13(16(19)10-15)4-3-12-2-1-9-20(11-12)17(21)14-5-6-14/h7-8,10,12,14H,1-6,9,11H2/t12-/m1/s1. The summed E-state index contributed by atoms with van der Waals surface area (Å²) in [5.74, 6) is 0.0312. The van der Waals surface area contributed by atoms with E-state index in [9.17, 15) is 13.6 Å². The van der Waals surface area contributed by atoms with E-state index in [1.54, 1.807) is 0 Å². The number of benzene rings is 1. The van der Waals surface area contributed by atoms with Gasteiger partial charge in [-0.15, -0.1) is 0 Å². The van der Waals surface area contributed by atoms with Crippen LogP contribution in [-0.4, -0.2) is 23.9 Å². The van der Waals surface area contributed by atoms with Crippen LogP contribution in [0.15, 0.2) is 18.2 Å². The first kappa shape index (κ1) is 14.5. The molecule has 1 aliphatic heterocycles. The molecule has 2 fully saturated rings. The second-order valence-electron chi connectivity index (χ2n) is 6.34. The maximum Gasteiger partial charge on any atom is 0.225 e. The lowest BCUT2D eigenvalue weighted by molar-refractivity contribution is -0.134. The summed E-state index contributed by atoms with van der Waals surface area (Å²) >= 11 is 0. The molecule has 2 nitrogen and oxygen atoms in total. The van der Waals surface area contributed by atoms with E-state index >= 15 is 0 Å². The van der Waals surface area contributed by atoms with Crippen molar-refractivity contribution >= 4 is 5.91 Å². The highest BCUT2D eigenvalue weighted by molar-refractivity contribution is 5.81. The molecule has 1 aromatic rings. The van der Waals surface area contributed by atoms with Crippen LogP contribution >= 0.6 is 0 Å². The number of hydrogen-bond donors (Lipinski definition) is 0. The minimum absolute atomic E-state index is 0.276. The summed E-state index contributed by atoms with van der Waals surface area (Å²) in [6.07, 6.45) is 5.69. The smallest absolute Gasteiger partial charge is 0.225 e. The molecule has 1 aromatic carbocycles. The Balaban J connectivity index is 1.53. The van der Waals surface area contributed by atoms with Crippen LogP contribution in [0.25, 0.3) is 0 Å². The molecular formula is C17H21F2NO. The Morgan fingerprint density at radius 1 is 1.24 bits per heavy atom. The Labute approximate surface area is 124 Å². The third-order valence-electron chi connectivity index (χ3n) is 4.59. The van der Waals surface area contributed by atoms with Gasteiger partial charge in [0.1, 0.15) is 11.6 Å². The molecule has 1 heterocycles. The van der Waals surface area contributed by atoms with Crippen molar-refractivity contribution in [2.45, 2.75) is 38.5 Å². The molecule has 0 unspecified atom stereocenters. The molecule has 1 saturated heterocycles. The molecule has 1 saturated carbocycles. The second-order valence-corrected chi connectivity index (χ2v) is 6.34. The van der Waals surface area contributed by atoms with Crippen LogP contribution in [0.2, 0.25) is 0 Å². The quantitative estimate of drug-likeness (QED) is 0.831. The molecule has 4 heteroatoms. The van der Waals surface area contributed by atoms with Crippen molar-refractivity contribution in [2.75, 3.05) is 13.1 Å². The summed E-state index contributed by atoms with van der Waals surface area (Å²) in [4.78, 5) is 14.1. The van der Waals surface area contributed by atoms with Gasteiger partial charge in [0.25, 0.3) is 0 Å². The van der Waals surface area contributed by atoms with Gasteiger partial charge >= 0.3 is 0 Å². The van der Waals surface area contributed by atoms with Crippen molar-refractivity contribution in [2.24, 2.45) is 11.8 Å². The molecule has 3 rings (SSSR count). The number of carbonyl (C=O) groups is 1. The predicted octanol–water partition coefficient (Wildman–Crippen LogP) is 3.55. The van der Waals surface area contributed by atoms with Crippen molar-refractivity contribution in [1.29, 1.82) is 0 Å². The van der Waals surface area contributed by atoms with Gasteiger partial charge in [-0.25, -0.2) is 8.78 Å². The Hall–Kier alpha value is -1.45. The molecule has 0 spiro atoms. The SMILES string of the molecule is O=C(C1CC1)N1CCC[C@H](CCc2ccc(F)cc2F)C1. The Kier molecular flexibility index (Phi) is 4.22. The number of hydrogen-bond acceptors (Lipinski definition) is 1. The van der Waals surface area contributed by atoms with Crippen LogP contribution in [-0.2, 0) is 11.2 Å². The van der Waals surface area contributed by atoms with Gasteiger partial charge in [-0.05, 0) is 56.1 Å². The maximum atomic E-state index is 13.6. The molecule has 114 valence electrons. The first-order valence-electron chi connectivity index (χ1n) is 7.86. The highest BCUT2D eigenvalue weighted by Gasteiger charge is 2.35. The van der Waals surface area contributed by atoms with Crippen LogP contribution in [0.1, 0.15) is 37.7 Å². The van der Waals surface area contributed by atoms with Gasteiger partial charge in [-0.1, -0.05) is 6.07 Å². The molecule has 0 aromatic heterocycles. The van der Waals surface area contributed by atoms with Gasteiger partial charge in [0.05, 0.1) is 0 Å². The number of halogens is 2. The van der Waals surface area contributed by atoms with Crippen molar-refractivity contribution in [1.82, 2.24) is 4.90 Å². The van der Waals surface area contributed by atoms with Gasteiger partial charge < -0.3 is 4.90 Å². The molecule has 1 amide bonds. The highest BCUT2D eigenvalue weighted by Crippen LogP contribution is 2.33. The van der Waals surface area contributed by atoms with Crippen molar-refractivity contribution in [3.63, 3.8) is 0 Å². The van der Waals surface area contributed by atoms with E-state index in [0.29, 0.717) is 23.8 Å². The molecule has 2 aliphatic rings. The molecule has 21 heavy (non-hydrogen) atoms. The number of nitrogens with zero attached hydrogens (tertiary/aromatic N) is 1. The summed E-state index contributed by atoms with van der Waals surface area (Å²) in [7, 11) is 0.